The van der Waals surface area contributed by atoms with Gasteiger partial charge in [-0.1, -0.05) is 13.0 Å². The highest BCUT2D eigenvalue weighted by Crippen LogP contribution is 2.26. The van der Waals surface area contributed by atoms with E-state index in [9.17, 15) is 0 Å². The van der Waals surface area contributed by atoms with Gasteiger partial charge in [-0.05, 0) is 47.1 Å². The van der Waals surface area contributed by atoms with Crippen molar-refractivity contribution in [1.82, 2.24) is 5.32 Å². The molecular weight excluding hydrogens is 294 g/mol. The fourth-order valence-corrected chi connectivity index (χ4v) is 2.07. The zero-order valence-electron chi connectivity index (χ0n) is 11.2. The molecule has 102 valence electrons. The van der Waals surface area contributed by atoms with Crippen molar-refractivity contribution >= 4 is 15.9 Å². The summed E-state index contributed by atoms with van der Waals surface area (Å²) >= 11 is 3.54. The molecule has 1 aromatic carbocycles. The van der Waals surface area contributed by atoms with Gasteiger partial charge in [-0.15, -0.1) is 0 Å². The quantitative estimate of drug-likeness (QED) is 0.709. The zero-order valence-corrected chi connectivity index (χ0v) is 12.8. The predicted molar refractivity (Wildman–Crippen MR) is 78.1 cm³/mol. The standard InChI is InChI=1S/C14H22BrNO2/c1-3-16-11-12-6-7-14(13(15)10-12)18-9-5-8-17-4-2/h6-7,10,16H,3-5,8-9,11H2,1-2H3. The number of rotatable bonds is 9. The molecule has 0 unspecified atom stereocenters. The minimum Gasteiger partial charge on any atom is -0.492 e. The molecule has 3 nitrogen and oxygen atoms in total. The van der Waals surface area contributed by atoms with Crippen LogP contribution >= 0.6 is 15.9 Å². The van der Waals surface area contributed by atoms with Crippen LogP contribution in [-0.2, 0) is 11.3 Å². The SMILES string of the molecule is CCNCc1ccc(OCCCOCC)c(Br)c1. The Bertz CT molecular complexity index is 345. The highest BCUT2D eigenvalue weighted by molar-refractivity contribution is 9.10. The number of hydrogen-bond acceptors (Lipinski definition) is 3. The molecule has 0 spiro atoms. The van der Waals surface area contributed by atoms with Crippen LogP contribution in [0.4, 0.5) is 0 Å². The molecule has 0 fully saturated rings. The Kier molecular flexibility index (Phi) is 8.05. The lowest BCUT2D eigenvalue weighted by Crippen LogP contribution is -2.11. The first kappa shape index (κ1) is 15.5. The number of hydrogen-bond donors (Lipinski definition) is 1. The molecule has 1 rings (SSSR count). The number of benzene rings is 1. The van der Waals surface area contributed by atoms with Gasteiger partial charge < -0.3 is 14.8 Å². The second kappa shape index (κ2) is 9.36. The molecule has 4 heteroatoms. The number of ether oxygens (including phenoxy) is 2. The van der Waals surface area contributed by atoms with Crippen LogP contribution in [0, 0.1) is 0 Å². The maximum Gasteiger partial charge on any atom is 0.133 e. The third kappa shape index (κ3) is 5.85. The van der Waals surface area contributed by atoms with Crippen molar-refractivity contribution in [3.05, 3.63) is 28.2 Å². The Morgan fingerprint density at radius 1 is 1.22 bits per heavy atom. The summed E-state index contributed by atoms with van der Waals surface area (Å²) in [5.74, 6) is 0.895. The van der Waals surface area contributed by atoms with Gasteiger partial charge in [0, 0.05) is 26.2 Å². The van der Waals surface area contributed by atoms with Crippen LogP contribution < -0.4 is 10.1 Å². The van der Waals surface area contributed by atoms with Crippen LogP contribution in [-0.4, -0.2) is 26.4 Å². The lowest BCUT2D eigenvalue weighted by Gasteiger charge is -2.10. The summed E-state index contributed by atoms with van der Waals surface area (Å²) in [4.78, 5) is 0. The van der Waals surface area contributed by atoms with Gasteiger partial charge in [-0.3, -0.25) is 0 Å². The van der Waals surface area contributed by atoms with Crippen molar-refractivity contribution in [2.75, 3.05) is 26.4 Å². The molecule has 1 N–H and O–H groups in total. The van der Waals surface area contributed by atoms with Crippen molar-refractivity contribution in [2.45, 2.75) is 26.8 Å². The van der Waals surface area contributed by atoms with E-state index in [0.29, 0.717) is 6.61 Å². The summed E-state index contributed by atoms with van der Waals surface area (Å²) in [6.07, 6.45) is 0.916. The first-order valence-corrected chi connectivity index (χ1v) is 7.27. The first-order chi connectivity index (χ1) is 8.77. The van der Waals surface area contributed by atoms with Crippen molar-refractivity contribution < 1.29 is 9.47 Å². The van der Waals surface area contributed by atoms with Gasteiger partial charge in [0.15, 0.2) is 0 Å². The summed E-state index contributed by atoms with van der Waals surface area (Å²) in [5.41, 5.74) is 1.25. The molecule has 0 amide bonds. The Labute approximate surface area is 118 Å². The van der Waals surface area contributed by atoms with Crippen LogP contribution in [0.1, 0.15) is 25.8 Å². The average molecular weight is 316 g/mol. The van der Waals surface area contributed by atoms with E-state index < -0.39 is 0 Å². The summed E-state index contributed by atoms with van der Waals surface area (Å²) < 4.78 is 12.0. The van der Waals surface area contributed by atoms with Gasteiger partial charge in [0.25, 0.3) is 0 Å². The third-order valence-corrected chi connectivity index (χ3v) is 3.09. The number of nitrogens with one attached hydrogen (secondary N) is 1. The van der Waals surface area contributed by atoms with Crippen molar-refractivity contribution in [3.8, 4) is 5.75 Å². The van der Waals surface area contributed by atoms with Crippen molar-refractivity contribution in [3.63, 3.8) is 0 Å². The molecule has 18 heavy (non-hydrogen) atoms. The van der Waals surface area contributed by atoms with Gasteiger partial charge >= 0.3 is 0 Å². The van der Waals surface area contributed by atoms with Crippen LogP contribution in [0.25, 0.3) is 0 Å². The van der Waals surface area contributed by atoms with E-state index in [2.05, 4.69) is 40.3 Å². The third-order valence-electron chi connectivity index (χ3n) is 2.47. The van der Waals surface area contributed by atoms with E-state index in [1.165, 1.54) is 5.56 Å². The van der Waals surface area contributed by atoms with E-state index >= 15 is 0 Å². The fraction of sp³-hybridized carbons (Fsp3) is 0.571. The minimum absolute atomic E-state index is 0.686. The fourth-order valence-electron chi connectivity index (χ4n) is 1.53. The van der Waals surface area contributed by atoms with E-state index in [-0.39, 0.29) is 0 Å². The maximum atomic E-state index is 5.70. The zero-order chi connectivity index (χ0) is 13.2. The molecule has 0 heterocycles. The molecule has 0 aromatic heterocycles. The molecule has 0 saturated carbocycles. The summed E-state index contributed by atoms with van der Waals surface area (Å²) in [6, 6.07) is 6.20. The van der Waals surface area contributed by atoms with Gasteiger partial charge in [0.05, 0.1) is 11.1 Å². The van der Waals surface area contributed by atoms with Crippen LogP contribution in [0.2, 0.25) is 0 Å². The van der Waals surface area contributed by atoms with Gasteiger partial charge in [0.1, 0.15) is 5.75 Å². The Morgan fingerprint density at radius 2 is 2.06 bits per heavy atom. The van der Waals surface area contributed by atoms with Crippen molar-refractivity contribution in [2.24, 2.45) is 0 Å². The molecule has 0 atom stereocenters. The molecular formula is C14H22BrNO2. The van der Waals surface area contributed by atoms with E-state index in [1.807, 2.05) is 13.0 Å². The van der Waals surface area contributed by atoms with Gasteiger partial charge in [0.2, 0.25) is 0 Å². The molecule has 0 bridgehead atoms. The predicted octanol–water partition coefficient (Wildman–Crippen LogP) is 3.36. The Balaban J connectivity index is 2.37. The highest BCUT2D eigenvalue weighted by atomic mass is 79.9. The molecule has 0 saturated heterocycles. The van der Waals surface area contributed by atoms with Crippen LogP contribution in [0.15, 0.2) is 22.7 Å². The first-order valence-electron chi connectivity index (χ1n) is 6.47. The lowest BCUT2D eigenvalue weighted by molar-refractivity contribution is 0.130. The van der Waals surface area contributed by atoms with Crippen LogP contribution in [0.3, 0.4) is 0 Å². The van der Waals surface area contributed by atoms with E-state index in [1.54, 1.807) is 0 Å². The van der Waals surface area contributed by atoms with Crippen LogP contribution in [0.5, 0.6) is 5.75 Å². The minimum atomic E-state index is 0.686. The molecule has 1 aromatic rings. The summed E-state index contributed by atoms with van der Waals surface area (Å²) in [7, 11) is 0. The van der Waals surface area contributed by atoms with Gasteiger partial charge in [-0.2, -0.15) is 0 Å². The largest absolute Gasteiger partial charge is 0.492 e. The topological polar surface area (TPSA) is 30.5 Å². The monoisotopic (exact) mass is 315 g/mol. The van der Waals surface area contributed by atoms with Gasteiger partial charge in [-0.25, -0.2) is 0 Å². The highest BCUT2D eigenvalue weighted by Gasteiger charge is 2.02. The second-order valence-corrected chi connectivity index (χ2v) is 4.80. The Morgan fingerprint density at radius 3 is 2.72 bits per heavy atom. The smallest absolute Gasteiger partial charge is 0.133 e. The summed E-state index contributed by atoms with van der Waals surface area (Å²) in [5, 5.41) is 3.30. The molecule has 0 aliphatic heterocycles. The van der Waals surface area contributed by atoms with Crippen molar-refractivity contribution in [1.29, 1.82) is 0 Å². The second-order valence-electron chi connectivity index (χ2n) is 3.94. The molecule has 0 aliphatic rings. The normalized spacial score (nSPS) is 10.6. The van der Waals surface area contributed by atoms with E-state index in [4.69, 9.17) is 9.47 Å². The maximum absolute atomic E-state index is 5.70. The Hall–Kier alpha value is -0.580. The molecule has 0 aliphatic carbocycles. The lowest BCUT2D eigenvalue weighted by atomic mass is 10.2. The summed E-state index contributed by atoms with van der Waals surface area (Å²) in [6.45, 7) is 8.18. The van der Waals surface area contributed by atoms with E-state index in [0.717, 1.165) is 42.9 Å². The number of halogens is 1. The average Bonchev–Trinajstić information content (AvgIpc) is 2.38. The molecule has 0 radical (unpaired) electrons.